The van der Waals surface area contributed by atoms with Crippen LogP contribution >= 0.6 is 0 Å². The first-order chi connectivity index (χ1) is 9.77. The molecule has 20 heavy (non-hydrogen) atoms. The average molecular weight is 263 g/mol. The van der Waals surface area contributed by atoms with Gasteiger partial charge in [-0.3, -0.25) is 0 Å². The SMILES string of the molecule is Cc1ccc(C)c(N2/C=C\C=C\C=[N+]=C/C=C\C=C\2)c1. The van der Waals surface area contributed by atoms with Crippen LogP contribution in [-0.2, 0) is 0 Å². The molecule has 1 aliphatic heterocycles. The third kappa shape index (κ3) is 3.98. The lowest BCUT2D eigenvalue weighted by molar-refractivity contribution is 1.23. The minimum absolute atomic E-state index is 1.19. The van der Waals surface area contributed by atoms with Gasteiger partial charge in [-0.15, -0.1) is 4.67 Å². The molecule has 0 radical (unpaired) electrons. The molecule has 2 heteroatoms. The number of nitrogens with zero attached hydrogens (tertiary/aromatic N) is 2. The number of rotatable bonds is 1. The Bertz CT molecular complexity index is 611. The maximum Gasteiger partial charge on any atom is 0.292 e. The summed E-state index contributed by atoms with van der Waals surface area (Å²) in [5.74, 6) is 0. The second-order valence-corrected chi connectivity index (χ2v) is 4.60. The number of hydrogen-bond acceptors (Lipinski definition) is 1. The van der Waals surface area contributed by atoms with Crippen LogP contribution in [0.1, 0.15) is 11.1 Å². The molecular formula is C18H19N2+. The monoisotopic (exact) mass is 263 g/mol. The predicted octanol–water partition coefficient (Wildman–Crippen LogP) is 3.47. The van der Waals surface area contributed by atoms with E-state index in [1.807, 2.05) is 48.9 Å². The van der Waals surface area contributed by atoms with Crippen LogP contribution in [-0.4, -0.2) is 12.4 Å². The van der Waals surface area contributed by atoms with E-state index in [0.29, 0.717) is 0 Å². The Balaban J connectivity index is 2.37. The summed E-state index contributed by atoms with van der Waals surface area (Å²) >= 11 is 0. The van der Waals surface area contributed by atoms with Crippen LogP contribution in [0.25, 0.3) is 0 Å². The molecule has 0 amide bonds. The molecule has 2 rings (SSSR count). The maximum atomic E-state index is 4.10. The molecule has 0 fully saturated rings. The first-order valence-corrected chi connectivity index (χ1v) is 6.66. The van der Waals surface area contributed by atoms with Crippen molar-refractivity contribution in [3.8, 4) is 0 Å². The third-order valence-electron chi connectivity index (χ3n) is 2.92. The second kappa shape index (κ2) is 7.13. The fraction of sp³-hybridized carbons (Fsp3) is 0.111. The Morgan fingerprint density at radius 2 is 1.45 bits per heavy atom. The van der Waals surface area contributed by atoms with Crippen molar-refractivity contribution in [2.24, 2.45) is 0 Å². The fourth-order valence-corrected chi connectivity index (χ4v) is 1.87. The normalized spacial score (nSPS) is 20.8. The number of allylic oxidation sites excluding steroid dienone is 6. The molecule has 1 heterocycles. The summed E-state index contributed by atoms with van der Waals surface area (Å²) in [5, 5.41) is 0. The van der Waals surface area contributed by atoms with Gasteiger partial charge in [0.25, 0.3) is 12.4 Å². The van der Waals surface area contributed by atoms with Crippen molar-refractivity contribution in [2.75, 3.05) is 4.90 Å². The summed E-state index contributed by atoms with van der Waals surface area (Å²) in [7, 11) is 0. The quantitative estimate of drug-likeness (QED) is 0.709. The summed E-state index contributed by atoms with van der Waals surface area (Å²) in [6.07, 6.45) is 19.4. The summed E-state index contributed by atoms with van der Waals surface area (Å²) in [5.41, 5.74) is 3.69. The lowest BCUT2D eigenvalue weighted by Crippen LogP contribution is -2.08. The van der Waals surface area contributed by atoms with Crippen molar-refractivity contribution < 1.29 is 0 Å². The summed E-state index contributed by atoms with van der Waals surface area (Å²) in [4.78, 5) is 2.12. The highest BCUT2D eigenvalue weighted by Crippen LogP contribution is 2.22. The zero-order valence-corrected chi connectivity index (χ0v) is 11.9. The van der Waals surface area contributed by atoms with E-state index in [4.69, 9.17) is 0 Å². The van der Waals surface area contributed by atoms with E-state index in [-0.39, 0.29) is 0 Å². The lowest BCUT2D eigenvalue weighted by Gasteiger charge is -2.18. The van der Waals surface area contributed by atoms with E-state index < -0.39 is 0 Å². The van der Waals surface area contributed by atoms with Gasteiger partial charge < -0.3 is 4.90 Å². The smallest absolute Gasteiger partial charge is 0.292 e. The van der Waals surface area contributed by atoms with Crippen molar-refractivity contribution in [3.05, 3.63) is 78.2 Å². The number of anilines is 1. The van der Waals surface area contributed by atoms with Crippen molar-refractivity contribution >= 4 is 18.1 Å². The van der Waals surface area contributed by atoms with E-state index in [1.54, 1.807) is 12.4 Å². The van der Waals surface area contributed by atoms with E-state index in [9.17, 15) is 0 Å². The van der Waals surface area contributed by atoms with Crippen LogP contribution in [0, 0.1) is 13.8 Å². The first kappa shape index (κ1) is 13.9. The van der Waals surface area contributed by atoms with Crippen LogP contribution in [0.3, 0.4) is 0 Å². The highest BCUT2D eigenvalue weighted by molar-refractivity contribution is 5.79. The van der Waals surface area contributed by atoms with Crippen LogP contribution in [0.15, 0.2) is 67.1 Å². The molecule has 0 aliphatic carbocycles. The maximum absolute atomic E-state index is 4.10. The Labute approximate surface area is 120 Å². The molecule has 0 spiro atoms. The first-order valence-electron chi connectivity index (χ1n) is 6.66. The molecule has 1 aliphatic rings. The topological polar surface area (TPSA) is 17.3 Å². The zero-order valence-electron chi connectivity index (χ0n) is 11.9. The van der Waals surface area contributed by atoms with Crippen molar-refractivity contribution in [1.29, 1.82) is 0 Å². The molecule has 0 atom stereocenters. The molecule has 0 saturated heterocycles. The van der Waals surface area contributed by atoms with Gasteiger partial charge in [-0.1, -0.05) is 24.3 Å². The molecule has 2 nitrogen and oxygen atoms in total. The van der Waals surface area contributed by atoms with E-state index >= 15 is 0 Å². The largest absolute Gasteiger partial charge is 0.324 e. The van der Waals surface area contributed by atoms with E-state index in [1.165, 1.54) is 16.8 Å². The number of hydrogen-bond donors (Lipinski definition) is 0. The second-order valence-electron chi connectivity index (χ2n) is 4.60. The number of benzene rings is 1. The molecule has 1 aromatic carbocycles. The lowest BCUT2D eigenvalue weighted by atomic mass is 10.1. The molecule has 0 unspecified atom stereocenters. The Morgan fingerprint density at radius 1 is 0.800 bits per heavy atom. The van der Waals surface area contributed by atoms with Gasteiger partial charge in [-0.05, 0) is 43.2 Å². The third-order valence-corrected chi connectivity index (χ3v) is 2.92. The summed E-state index contributed by atoms with van der Waals surface area (Å²) in [6, 6.07) is 6.47. The molecule has 0 aromatic heterocycles. The Kier molecular flexibility index (Phi) is 4.94. The van der Waals surface area contributed by atoms with Gasteiger partial charge in [-0.2, -0.15) is 0 Å². The minimum atomic E-state index is 1.19. The van der Waals surface area contributed by atoms with Crippen LogP contribution in [0.5, 0.6) is 0 Å². The predicted molar refractivity (Wildman–Crippen MR) is 89.2 cm³/mol. The molecule has 1 aromatic rings. The van der Waals surface area contributed by atoms with Gasteiger partial charge in [0.05, 0.1) is 0 Å². The van der Waals surface area contributed by atoms with Crippen LogP contribution < -0.4 is 9.57 Å². The van der Waals surface area contributed by atoms with Crippen LogP contribution in [0.4, 0.5) is 5.69 Å². The van der Waals surface area contributed by atoms with Crippen molar-refractivity contribution in [1.82, 2.24) is 4.67 Å². The van der Waals surface area contributed by atoms with Crippen molar-refractivity contribution in [2.45, 2.75) is 13.8 Å². The molecule has 0 N–H and O–H groups in total. The van der Waals surface area contributed by atoms with Gasteiger partial charge in [0.2, 0.25) is 0 Å². The molecular weight excluding hydrogens is 244 g/mol. The summed E-state index contributed by atoms with van der Waals surface area (Å²) in [6.45, 7) is 4.23. The fourth-order valence-electron chi connectivity index (χ4n) is 1.87. The summed E-state index contributed by atoms with van der Waals surface area (Å²) < 4.78 is 4.10. The van der Waals surface area contributed by atoms with Gasteiger partial charge in [-0.25, -0.2) is 0 Å². The van der Waals surface area contributed by atoms with Gasteiger partial charge in [0.15, 0.2) is 0 Å². The molecule has 100 valence electrons. The standard InChI is InChI=1S/C18H19N2/c1-16-9-10-17(2)18(15-16)20-13-7-3-5-11-19-12-6-4-8-14-20/h3-15H,1-2H3/q+1/b5-3-,6-4+,7-3?,8-4?,11-5?,12-6?,13-7+,14-8-. The van der Waals surface area contributed by atoms with Gasteiger partial charge >= 0.3 is 0 Å². The molecule has 0 saturated carbocycles. The zero-order chi connectivity index (χ0) is 14.2. The minimum Gasteiger partial charge on any atom is -0.324 e. The Hall–Kier alpha value is -2.57. The average Bonchev–Trinajstić information content (AvgIpc) is 2.42. The Morgan fingerprint density at radius 3 is 2.10 bits per heavy atom. The van der Waals surface area contributed by atoms with E-state index in [2.05, 4.69) is 41.6 Å². The van der Waals surface area contributed by atoms with Gasteiger partial charge in [0, 0.05) is 30.2 Å². The van der Waals surface area contributed by atoms with Gasteiger partial charge in [0.1, 0.15) is 0 Å². The van der Waals surface area contributed by atoms with Crippen LogP contribution in [0.2, 0.25) is 0 Å². The van der Waals surface area contributed by atoms with Crippen molar-refractivity contribution in [3.63, 3.8) is 0 Å². The molecule has 0 bridgehead atoms. The highest BCUT2D eigenvalue weighted by Gasteiger charge is 2.03. The van der Waals surface area contributed by atoms with E-state index in [0.717, 1.165) is 0 Å². The highest BCUT2D eigenvalue weighted by atomic mass is 15.1. The number of aryl methyl sites for hydroxylation is 2.